The molecule has 1 saturated heterocycles. The molecule has 1 aromatic carbocycles. The topological polar surface area (TPSA) is 98.3 Å². The molecule has 0 aliphatic carbocycles. The molecule has 9 heteroatoms. The molecule has 0 unspecified atom stereocenters. The zero-order valence-electron chi connectivity index (χ0n) is 15.0. The van der Waals surface area contributed by atoms with Crippen molar-refractivity contribution in [2.75, 3.05) is 13.1 Å². The minimum Gasteiger partial charge on any atom is -0.340 e. The summed E-state index contributed by atoms with van der Waals surface area (Å²) < 4.78 is 2.23. The van der Waals surface area contributed by atoms with Crippen molar-refractivity contribution in [1.29, 1.82) is 0 Å². The fourth-order valence-electron chi connectivity index (χ4n) is 3.47. The van der Waals surface area contributed by atoms with Gasteiger partial charge >= 0.3 is 0 Å². The Morgan fingerprint density at radius 1 is 1.29 bits per heavy atom. The first kappa shape index (κ1) is 18.3. The van der Waals surface area contributed by atoms with Crippen molar-refractivity contribution in [3.63, 3.8) is 0 Å². The first-order valence-electron chi connectivity index (χ1n) is 8.99. The highest BCUT2D eigenvalue weighted by atomic mass is 32.1. The largest absolute Gasteiger partial charge is 0.340 e. The molecule has 3 heterocycles. The Kier molecular flexibility index (Phi) is 4.91. The summed E-state index contributed by atoms with van der Waals surface area (Å²) in [6, 6.07) is 10.2. The minimum atomic E-state index is -0.579. The van der Waals surface area contributed by atoms with Crippen LogP contribution >= 0.6 is 11.3 Å². The van der Waals surface area contributed by atoms with E-state index in [-0.39, 0.29) is 24.1 Å². The number of thiazole rings is 1. The predicted molar refractivity (Wildman–Crippen MR) is 106 cm³/mol. The van der Waals surface area contributed by atoms with Gasteiger partial charge in [-0.2, -0.15) is 0 Å². The predicted octanol–water partition coefficient (Wildman–Crippen LogP) is 2.77. The Labute approximate surface area is 164 Å². The Morgan fingerprint density at radius 2 is 2.11 bits per heavy atom. The molecular weight excluding hydrogens is 380 g/mol. The highest BCUT2D eigenvalue weighted by Gasteiger charge is 2.27. The van der Waals surface area contributed by atoms with Gasteiger partial charge in [-0.25, -0.2) is 4.98 Å². The first-order chi connectivity index (χ1) is 13.5. The third-order valence-electron chi connectivity index (χ3n) is 4.92. The Bertz CT molecular complexity index is 1070. The molecule has 0 spiro atoms. The molecule has 1 aliphatic heterocycles. The van der Waals surface area contributed by atoms with Crippen molar-refractivity contribution >= 4 is 33.1 Å². The quantitative estimate of drug-likeness (QED) is 0.497. The molecule has 0 radical (unpaired) electrons. The van der Waals surface area contributed by atoms with E-state index in [0.29, 0.717) is 13.1 Å². The van der Waals surface area contributed by atoms with Crippen LogP contribution in [0, 0.1) is 10.1 Å². The van der Waals surface area contributed by atoms with Gasteiger partial charge in [0.2, 0.25) is 5.91 Å². The summed E-state index contributed by atoms with van der Waals surface area (Å²) in [4.78, 5) is 41.5. The van der Waals surface area contributed by atoms with E-state index >= 15 is 0 Å². The zero-order chi connectivity index (χ0) is 19.7. The summed E-state index contributed by atoms with van der Waals surface area (Å²) in [5, 5.41) is 11.9. The van der Waals surface area contributed by atoms with Crippen molar-refractivity contribution in [3.05, 3.63) is 68.1 Å². The van der Waals surface area contributed by atoms with Crippen LogP contribution in [0.25, 0.3) is 10.2 Å². The summed E-state index contributed by atoms with van der Waals surface area (Å²) >= 11 is 1.65. The maximum Gasteiger partial charge on any atom is 0.285 e. The van der Waals surface area contributed by atoms with Gasteiger partial charge in [0.25, 0.3) is 11.2 Å². The fourth-order valence-corrected chi connectivity index (χ4v) is 4.56. The molecule has 1 atom stereocenters. The third-order valence-corrected chi connectivity index (χ3v) is 6.12. The molecule has 3 aromatic rings. The Morgan fingerprint density at radius 3 is 2.89 bits per heavy atom. The summed E-state index contributed by atoms with van der Waals surface area (Å²) in [5.41, 5.74) is 0.325. The zero-order valence-corrected chi connectivity index (χ0v) is 15.8. The lowest BCUT2D eigenvalue weighted by Crippen LogP contribution is -2.42. The summed E-state index contributed by atoms with van der Waals surface area (Å²) in [5.74, 6) is -0.0506. The monoisotopic (exact) mass is 398 g/mol. The molecule has 0 saturated carbocycles. The number of benzene rings is 1. The second-order valence-electron chi connectivity index (χ2n) is 6.81. The van der Waals surface area contributed by atoms with Gasteiger partial charge < -0.3 is 4.90 Å². The molecule has 1 aliphatic rings. The number of aromatic nitrogens is 2. The van der Waals surface area contributed by atoms with Crippen molar-refractivity contribution in [3.8, 4) is 0 Å². The highest BCUT2D eigenvalue weighted by Crippen LogP contribution is 2.33. The number of amides is 1. The number of para-hydroxylation sites is 1. The van der Waals surface area contributed by atoms with Crippen LogP contribution in [0.4, 0.5) is 5.69 Å². The van der Waals surface area contributed by atoms with Gasteiger partial charge in [-0.05, 0) is 25.0 Å². The maximum absolute atomic E-state index is 12.7. The number of hydrogen-bond donors (Lipinski definition) is 0. The molecule has 2 aromatic heterocycles. The second kappa shape index (κ2) is 7.51. The summed E-state index contributed by atoms with van der Waals surface area (Å²) in [7, 11) is 0. The van der Waals surface area contributed by atoms with E-state index < -0.39 is 10.5 Å². The highest BCUT2D eigenvalue weighted by molar-refractivity contribution is 7.18. The standard InChI is InChI=1S/C19H18N4O4S/c24-17-8-7-14(23(26)27)11-22(17)12-18(25)21-9-3-4-13(10-21)19-20-15-5-1-2-6-16(15)28-19/h1-2,5-8,11,13H,3-4,9-10,12H2/t13-/m0/s1. The molecule has 1 amide bonds. The number of rotatable bonds is 4. The Balaban J connectivity index is 1.50. The van der Waals surface area contributed by atoms with Crippen LogP contribution in [0.3, 0.4) is 0 Å². The van der Waals surface area contributed by atoms with E-state index in [4.69, 9.17) is 4.98 Å². The SMILES string of the molecule is O=C(Cn1cc([N+](=O)[O-])ccc1=O)N1CCC[C@H](c2nc3ccccc3s2)C1. The summed E-state index contributed by atoms with van der Waals surface area (Å²) in [6.45, 7) is 0.958. The number of pyridine rings is 1. The van der Waals surface area contributed by atoms with Crippen molar-refractivity contribution in [2.24, 2.45) is 0 Å². The van der Waals surface area contributed by atoms with Crippen molar-refractivity contribution in [2.45, 2.75) is 25.3 Å². The van der Waals surface area contributed by atoms with Crippen molar-refractivity contribution < 1.29 is 9.72 Å². The number of fused-ring (bicyclic) bond motifs is 1. The van der Waals surface area contributed by atoms with E-state index in [2.05, 4.69) is 0 Å². The second-order valence-corrected chi connectivity index (χ2v) is 7.87. The smallest absolute Gasteiger partial charge is 0.285 e. The minimum absolute atomic E-state index is 0.164. The molecular formula is C19H18N4O4S. The lowest BCUT2D eigenvalue weighted by atomic mass is 9.98. The average molecular weight is 398 g/mol. The number of carbonyl (C=O) groups excluding carboxylic acids is 1. The van der Waals surface area contributed by atoms with E-state index in [1.54, 1.807) is 16.2 Å². The number of piperidine rings is 1. The maximum atomic E-state index is 12.7. The van der Waals surface area contributed by atoms with Crippen LogP contribution in [0.5, 0.6) is 0 Å². The van der Waals surface area contributed by atoms with E-state index in [9.17, 15) is 19.7 Å². The van der Waals surface area contributed by atoms with Gasteiger partial charge in [0, 0.05) is 31.1 Å². The molecule has 0 N–H and O–H groups in total. The third kappa shape index (κ3) is 3.65. The van der Waals surface area contributed by atoms with Gasteiger partial charge in [-0.15, -0.1) is 11.3 Å². The van der Waals surface area contributed by atoms with Gasteiger partial charge in [0.05, 0.1) is 26.3 Å². The van der Waals surface area contributed by atoms with Crippen LogP contribution in [-0.2, 0) is 11.3 Å². The van der Waals surface area contributed by atoms with Crippen LogP contribution in [0.1, 0.15) is 23.8 Å². The first-order valence-corrected chi connectivity index (χ1v) is 9.81. The number of nitrogens with zero attached hydrogens (tertiary/aromatic N) is 4. The lowest BCUT2D eigenvalue weighted by Gasteiger charge is -2.32. The Hall–Kier alpha value is -3.07. The molecule has 4 rings (SSSR count). The number of nitro groups is 1. The number of carbonyl (C=O) groups is 1. The molecule has 144 valence electrons. The van der Waals surface area contributed by atoms with Gasteiger partial charge in [0.1, 0.15) is 6.54 Å². The number of hydrogen-bond acceptors (Lipinski definition) is 6. The normalized spacial score (nSPS) is 17.0. The molecule has 1 fully saturated rings. The van der Waals surface area contributed by atoms with E-state index in [1.807, 2.05) is 24.3 Å². The molecule has 0 bridgehead atoms. The van der Waals surface area contributed by atoms with E-state index in [0.717, 1.165) is 51.0 Å². The van der Waals surface area contributed by atoms with Gasteiger partial charge in [-0.3, -0.25) is 24.3 Å². The number of likely N-dealkylation sites (tertiary alicyclic amines) is 1. The summed E-state index contributed by atoms with van der Waals surface area (Å²) in [6.07, 6.45) is 2.94. The lowest BCUT2D eigenvalue weighted by molar-refractivity contribution is -0.385. The van der Waals surface area contributed by atoms with Crippen LogP contribution in [-0.4, -0.2) is 38.4 Å². The average Bonchev–Trinajstić information content (AvgIpc) is 3.14. The van der Waals surface area contributed by atoms with Gasteiger partial charge in [-0.1, -0.05) is 12.1 Å². The van der Waals surface area contributed by atoms with E-state index in [1.165, 1.54) is 0 Å². The fraction of sp³-hybridized carbons (Fsp3) is 0.316. The molecule has 8 nitrogen and oxygen atoms in total. The van der Waals surface area contributed by atoms with Gasteiger partial charge in [0.15, 0.2) is 0 Å². The van der Waals surface area contributed by atoms with Crippen LogP contribution < -0.4 is 5.56 Å². The van der Waals surface area contributed by atoms with Crippen LogP contribution in [0.15, 0.2) is 47.4 Å². The van der Waals surface area contributed by atoms with Crippen molar-refractivity contribution in [1.82, 2.24) is 14.5 Å². The van der Waals surface area contributed by atoms with Crippen LogP contribution in [0.2, 0.25) is 0 Å². The molecule has 28 heavy (non-hydrogen) atoms.